The summed E-state index contributed by atoms with van der Waals surface area (Å²) < 4.78 is 0. The molecule has 60 valence electrons. The van der Waals surface area contributed by atoms with Crippen LogP contribution in [0.2, 0.25) is 0 Å². The molecule has 0 saturated heterocycles. The average Bonchev–Trinajstić information content (AvgIpc) is 2.17. The lowest BCUT2D eigenvalue weighted by Crippen LogP contribution is -2.00. The number of carbonyl (C=O) groups excluding carboxylic acids is 2. The van der Waals surface area contributed by atoms with Gasteiger partial charge in [0, 0.05) is 5.57 Å². The van der Waals surface area contributed by atoms with Gasteiger partial charge < -0.3 is 0 Å². The molecule has 0 N–H and O–H groups in total. The van der Waals surface area contributed by atoms with Crippen LogP contribution in [0.15, 0.2) is 36.9 Å². The highest BCUT2D eigenvalue weighted by Crippen LogP contribution is 2.10. The summed E-state index contributed by atoms with van der Waals surface area (Å²) in [7, 11) is 0. The molecule has 1 aromatic carbocycles. The van der Waals surface area contributed by atoms with E-state index in [0.29, 0.717) is 5.56 Å². The topological polar surface area (TPSA) is 34.1 Å². The third-order valence-electron chi connectivity index (χ3n) is 1.53. The summed E-state index contributed by atoms with van der Waals surface area (Å²) in [6.07, 6.45) is 0.273. The first-order chi connectivity index (χ1) is 5.75. The highest BCUT2D eigenvalue weighted by Gasteiger charge is 2.06. The van der Waals surface area contributed by atoms with Crippen LogP contribution in [0.4, 0.5) is 0 Å². The predicted molar refractivity (Wildman–Crippen MR) is 46.5 cm³/mol. The Morgan fingerprint density at radius 3 is 2.33 bits per heavy atom. The third kappa shape index (κ3) is 1.66. The fraction of sp³-hybridized carbons (Fsp3) is 0. The van der Waals surface area contributed by atoms with Crippen LogP contribution in [-0.4, -0.2) is 12.1 Å². The Labute approximate surface area is 70.5 Å². The van der Waals surface area contributed by atoms with E-state index in [1.807, 2.05) is 6.07 Å². The number of carbonyl (C=O) groups is 2. The largest absolute Gasteiger partial charge is 0.294 e. The molecule has 0 spiro atoms. The maximum atomic E-state index is 10.8. The van der Waals surface area contributed by atoms with Gasteiger partial charge in [0.2, 0.25) is 5.78 Å². The molecule has 0 amide bonds. The van der Waals surface area contributed by atoms with E-state index < -0.39 is 5.78 Å². The van der Waals surface area contributed by atoms with E-state index in [0.717, 1.165) is 0 Å². The normalized spacial score (nSPS) is 9.00. The van der Waals surface area contributed by atoms with E-state index >= 15 is 0 Å². The zero-order chi connectivity index (χ0) is 8.97. The quantitative estimate of drug-likeness (QED) is 0.381. The molecule has 0 heterocycles. The van der Waals surface area contributed by atoms with Gasteiger partial charge in [0.1, 0.15) is 0 Å². The van der Waals surface area contributed by atoms with Gasteiger partial charge in [0.05, 0.1) is 0 Å². The van der Waals surface area contributed by atoms with Crippen molar-refractivity contribution in [1.29, 1.82) is 0 Å². The van der Waals surface area contributed by atoms with Crippen molar-refractivity contribution in [2.45, 2.75) is 0 Å². The van der Waals surface area contributed by atoms with E-state index in [4.69, 9.17) is 0 Å². The minimum atomic E-state index is -0.568. The molecule has 0 radical (unpaired) electrons. The van der Waals surface area contributed by atoms with Crippen LogP contribution in [0.3, 0.4) is 0 Å². The number of allylic oxidation sites excluding steroid dienone is 1. The smallest absolute Gasteiger partial charge is 0.225 e. The zero-order valence-electron chi connectivity index (χ0n) is 6.49. The Morgan fingerprint density at radius 1 is 1.25 bits per heavy atom. The summed E-state index contributed by atoms with van der Waals surface area (Å²) >= 11 is 0. The van der Waals surface area contributed by atoms with Crippen LogP contribution in [0.1, 0.15) is 5.56 Å². The number of Topliss-reactive ketones (excluding diaryl/α,β-unsaturated/α-hetero) is 1. The van der Waals surface area contributed by atoms with Crippen molar-refractivity contribution < 1.29 is 9.59 Å². The van der Waals surface area contributed by atoms with Gasteiger partial charge in [-0.3, -0.25) is 9.59 Å². The van der Waals surface area contributed by atoms with Gasteiger partial charge in [-0.05, 0) is 5.56 Å². The minimum absolute atomic E-state index is 0.241. The number of aldehydes is 1. The summed E-state index contributed by atoms with van der Waals surface area (Å²) in [6.45, 7) is 3.51. The van der Waals surface area contributed by atoms with Crippen molar-refractivity contribution >= 4 is 17.6 Å². The van der Waals surface area contributed by atoms with Gasteiger partial charge in [-0.1, -0.05) is 36.9 Å². The Morgan fingerprint density at radius 2 is 1.83 bits per heavy atom. The van der Waals surface area contributed by atoms with E-state index in [9.17, 15) is 9.59 Å². The van der Waals surface area contributed by atoms with E-state index in [2.05, 4.69) is 6.58 Å². The lowest BCUT2D eigenvalue weighted by atomic mass is 10.1. The van der Waals surface area contributed by atoms with Crippen molar-refractivity contribution in [3.05, 3.63) is 42.5 Å². The molecular formula is C10H8O2. The highest BCUT2D eigenvalue weighted by molar-refractivity contribution is 6.45. The van der Waals surface area contributed by atoms with Gasteiger partial charge in [-0.15, -0.1) is 0 Å². The van der Waals surface area contributed by atoms with E-state index in [1.165, 1.54) is 0 Å². The summed E-state index contributed by atoms with van der Waals surface area (Å²) in [6, 6.07) is 8.90. The molecule has 0 aromatic heterocycles. The molecule has 2 heteroatoms. The maximum absolute atomic E-state index is 10.8. The lowest BCUT2D eigenvalue weighted by molar-refractivity contribution is -0.126. The second-order valence-corrected chi connectivity index (χ2v) is 2.33. The van der Waals surface area contributed by atoms with Crippen molar-refractivity contribution in [3.63, 3.8) is 0 Å². The van der Waals surface area contributed by atoms with Crippen molar-refractivity contribution in [1.82, 2.24) is 0 Å². The SMILES string of the molecule is C=C(C(=O)C=O)c1ccccc1. The Kier molecular flexibility index (Phi) is 2.53. The standard InChI is InChI=1S/C10H8O2/c1-8(10(12)7-11)9-5-3-2-4-6-9/h2-7H,1H2. The van der Waals surface area contributed by atoms with Gasteiger partial charge in [0.15, 0.2) is 6.29 Å². The van der Waals surface area contributed by atoms with Crippen molar-refractivity contribution in [2.75, 3.05) is 0 Å². The van der Waals surface area contributed by atoms with Crippen LogP contribution >= 0.6 is 0 Å². The van der Waals surface area contributed by atoms with Gasteiger partial charge in [0.25, 0.3) is 0 Å². The van der Waals surface area contributed by atoms with Crippen LogP contribution in [0, 0.1) is 0 Å². The van der Waals surface area contributed by atoms with Gasteiger partial charge in [-0.25, -0.2) is 0 Å². The molecule has 1 aromatic rings. The molecule has 0 saturated carbocycles. The molecule has 0 atom stereocenters. The summed E-state index contributed by atoms with van der Waals surface area (Å²) in [4.78, 5) is 21.0. The molecule has 1 rings (SSSR count). The van der Waals surface area contributed by atoms with E-state index in [1.54, 1.807) is 24.3 Å². The molecule has 0 aliphatic carbocycles. The molecule has 0 bridgehead atoms. The summed E-state index contributed by atoms with van der Waals surface area (Å²) in [5, 5.41) is 0. The van der Waals surface area contributed by atoms with Gasteiger partial charge >= 0.3 is 0 Å². The monoisotopic (exact) mass is 160 g/mol. The first-order valence-electron chi connectivity index (χ1n) is 3.49. The number of hydrogen-bond donors (Lipinski definition) is 0. The molecule has 0 aliphatic heterocycles. The molecular weight excluding hydrogens is 152 g/mol. The Balaban J connectivity index is 2.93. The second kappa shape index (κ2) is 3.62. The van der Waals surface area contributed by atoms with Crippen LogP contribution in [0.5, 0.6) is 0 Å². The molecule has 0 unspecified atom stereocenters. The van der Waals surface area contributed by atoms with Crippen LogP contribution < -0.4 is 0 Å². The van der Waals surface area contributed by atoms with Crippen molar-refractivity contribution in [2.24, 2.45) is 0 Å². The number of benzene rings is 1. The average molecular weight is 160 g/mol. The number of rotatable bonds is 3. The number of hydrogen-bond acceptors (Lipinski definition) is 2. The molecule has 0 aliphatic rings. The van der Waals surface area contributed by atoms with Gasteiger partial charge in [-0.2, -0.15) is 0 Å². The minimum Gasteiger partial charge on any atom is -0.294 e. The summed E-state index contributed by atoms with van der Waals surface area (Å²) in [5.74, 6) is -0.568. The zero-order valence-corrected chi connectivity index (χ0v) is 6.49. The predicted octanol–water partition coefficient (Wildman–Crippen LogP) is 1.47. The fourth-order valence-corrected chi connectivity index (χ4v) is 0.853. The highest BCUT2D eigenvalue weighted by atomic mass is 16.2. The second-order valence-electron chi connectivity index (χ2n) is 2.33. The lowest BCUT2D eigenvalue weighted by Gasteiger charge is -1.98. The van der Waals surface area contributed by atoms with Crippen LogP contribution in [0.25, 0.3) is 5.57 Å². The molecule has 2 nitrogen and oxygen atoms in total. The number of ketones is 1. The Hall–Kier alpha value is -1.70. The first kappa shape index (κ1) is 8.40. The molecule has 12 heavy (non-hydrogen) atoms. The maximum Gasteiger partial charge on any atom is 0.225 e. The Bertz CT molecular complexity index is 312. The van der Waals surface area contributed by atoms with E-state index in [-0.39, 0.29) is 11.9 Å². The fourth-order valence-electron chi connectivity index (χ4n) is 0.853. The van der Waals surface area contributed by atoms with Crippen molar-refractivity contribution in [3.8, 4) is 0 Å². The third-order valence-corrected chi connectivity index (χ3v) is 1.53. The van der Waals surface area contributed by atoms with Crippen LogP contribution in [-0.2, 0) is 9.59 Å². The first-order valence-corrected chi connectivity index (χ1v) is 3.49. The molecule has 0 fully saturated rings. The summed E-state index contributed by atoms with van der Waals surface area (Å²) in [5.41, 5.74) is 0.931.